The molecule has 2 heterocycles. The summed E-state index contributed by atoms with van der Waals surface area (Å²) in [4.78, 5) is 28.9. The smallest absolute Gasteiger partial charge is 0.339 e. The second-order valence-corrected chi connectivity index (χ2v) is 6.97. The minimum Gasteiger partial charge on any atom is -0.465 e. The van der Waals surface area contributed by atoms with Gasteiger partial charge in [0.25, 0.3) is 5.89 Å². The highest BCUT2D eigenvalue weighted by Crippen LogP contribution is 2.24. The van der Waals surface area contributed by atoms with E-state index in [1.165, 1.54) is 7.11 Å². The molecule has 0 atom stereocenters. The van der Waals surface area contributed by atoms with Gasteiger partial charge in [-0.15, -0.1) is 0 Å². The van der Waals surface area contributed by atoms with Gasteiger partial charge in [-0.1, -0.05) is 28.9 Å². The van der Waals surface area contributed by atoms with Gasteiger partial charge in [-0.05, 0) is 48.5 Å². The summed E-state index contributed by atoms with van der Waals surface area (Å²) >= 11 is 5.92. The number of aromatic nitrogens is 3. The number of carbonyl (C=O) groups excluding carboxylic acids is 2. The number of nitrogens with zero attached hydrogens (tertiary/aromatic N) is 3. The molecule has 1 N–H and O–H groups in total. The van der Waals surface area contributed by atoms with Gasteiger partial charge in [0.15, 0.2) is 0 Å². The third-order valence-corrected chi connectivity index (χ3v) is 4.75. The van der Waals surface area contributed by atoms with Crippen LogP contribution in [0.4, 0.5) is 5.69 Å². The van der Waals surface area contributed by atoms with Gasteiger partial charge in [0.1, 0.15) is 12.2 Å². The summed E-state index contributed by atoms with van der Waals surface area (Å²) in [7, 11) is 1.29. The number of rotatable bonds is 6. The molecule has 0 saturated carbocycles. The van der Waals surface area contributed by atoms with Crippen LogP contribution in [0.5, 0.6) is 0 Å². The molecule has 4 rings (SSSR count). The van der Waals surface area contributed by atoms with Crippen LogP contribution >= 0.6 is 11.6 Å². The van der Waals surface area contributed by atoms with Crippen LogP contribution in [-0.2, 0) is 16.1 Å². The summed E-state index contributed by atoms with van der Waals surface area (Å²) in [5, 5.41) is 7.36. The van der Waals surface area contributed by atoms with E-state index in [0.717, 1.165) is 5.56 Å². The zero-order chi connectivity index (χ0) is 21.8. The average molecular weight is 437 g/mol. The van der Waals surface area contributed by atoms with Crippen molar-refractivity contribution in [2.75, 3.05) is 12.4 Å². The molecule has 2 aromatic carbocycles. The first kappa shape index (κ1) is 20.4. The summed E-state index contributed by atoms with van der Waals surface area (Å²) in [5.74, 6) is -0.169. The first-order chi connectivity index (χ1) is 15.0. The van der Waals surface area contributed by atoms with Crippen molar-refractivity contribution in [2.24, 2.45) is 0 Å². The molecule has 156 valence electrons. The van der Waals surface area contributed by atoms with E-state index in [1.807, 2.05) is 0 Å². The summed E-state index contributed by atoms with van der Waals surface area (Å²) < 4.78 is 11.8. The molecule has 31 heavy (non-hydrogen) atoms. The average Bonchev–Trinajstić information content (AvgIpc) is 3.43. The Hall–Kier alpha value is -3.91. The van der Waals surface area contributed by atoms with E-state index in [9.17, 15) is 9.59 Å². The van der Waals surface area contributed by atoms with E-state index in [2.05, 4.69) is 15.5 Å². The van der Waals surface area contributed by atoms with Gasteiger partial charge in [0.2, 0.25) is 11.7 Å². The Labute approximate surface area is 182 Å². The summed E-state index contributed by atoms with van der Waals surface area (Å²) in [6.07, 6.45) is 1.73. The fourth-order valence-electron chi connectivity index (χ4n) is 3.01. The predicted molar refractivity (Wildman–Crippen MR) is 115 cm³/mol. The van der Waals surface area contributed by atoms with Crippen molar-refractivity contribution >= 4 is 29.2 Å². The highest BCUT2D eigenvalue weighted by Gasteiger charge is 2.17. The van der Waals surface area contributed by atoms with E-state index in [0.29, 0.717) is 22.2 Å². The topological polar surface area (TPSA) is 99.2 Å². The molecule has 0 radical (unpaired) electrons. The van der Waals surface area contributed by atoms with Gasteiger partial charge >= 0.3 is 5.97 Å². The second kappa shape index (κ2) is 8.85. The molecular formula is C22H17ClN4O4. The van der Waals surface area contributed by atoms with Crippen molar-refractivity contribution in [1.82, 2.24) is 14.7 Å². The minimum atomic E-state index is -0.529. The lowest BCUT2D eigenvalue weighted by Gasteiger charge is -2.11. The zero-order valence-corrected chi connectivity index (χ0v) is 17.2. The Balaban J connectivity index is 1.52. The number of hydrogen-bond acceptors (Lipinski definition) is 6. The zero-order valence-electron chi connectivity index (χ0n) is 16.4. The number of methoxy groups -OCH3 is 1. The molecule has 0 aliphatic rings. The van der Waals surface area contributed by atoms with E-state index >= 15 is 0 Å². The van der Waals surface area contributed by atoms with Gasteiger partial charge in [0.05, 0.1) is 18.4 Å². The number of esters is 1. The molecule has 8 nitrogen and oxygen atoms in total. The van der Waals surface area contributed by atoms with Crippen molar-refractivity contribution in [3.63, 3.8) is 0 Å². The van der Waals surface area contributed by atoms with Crippen molar-refractivity contribution in [1.29, 1.82) is 0 Å². The van der Waals surface area contributed by atoms with Crippen molar-refractivity contribution in [2.45, 2.75) is 6.54 Å². The molecule has 0 fully saturated rings. The number of benzene rings is 2. The Morgan fingerprint density at radius 2 is 1.87 bits per heavy atom. The summed E-state index contributed by atoms with van der Waals surface area (Å²) in [6, 6.07) is 17.3. The highest BCUT2D eigenvalue weighted by molar-refractivity contribution is 6.30. The number of carbonyl (C=O) groups is 2. The molecule has 0 aliphatic heterocycles. The molecule has 0 spiro atoms. The fourth-order valence-corrected chi connectivity index (χ4v) is 3.14. The molecule has 1 amide bonds. The van der Waals surface area contributed by atoms with Crippen LogP contribution in [0, 0.1) is 0 Å². The summed E-state index contributed by atoms with van der Waals surface area (Å²) in [5.41, 5.74) is 1.99. The SMILES string of the molecule is COC(=O)c1ccccc1NC(=O)Cn1cccc1-c1nc(-c2ccc(Cl)cc2)no1. The molecule has 0 bridgehead atoms. The van der Waals surface area contributed by atoms with E-state index in [4.69, 9.17) is 20.9 Å². The number of nitrogens with one attached hydrogen (secondary N) is 1. The predicted octanol–water partition coefficient (Wildman–Crippen LogP) is 4.28. The minimum absolute atomic E-state index is 0.0174. The molecule has 0 aliphatic carbocycles. The van der Waals surface area contributed by atoms with Crippen molar-refractivity contribution in [3.05, 3.63) is 77.4 Å². The van der Waals surface area contributed by atoms with E-state index in [1.54, 1.807) is 71.4 Å². The van der Waals surface area contributed by atoms with Gasteiger partial charge in [-0.3, -0.25) is 4.79 Å². The number of ether oxygens (including phenoxy) is 1. The van der Waals surface area contributed by atoms with E-state index < -0.39 is 5.97 Å². The number of para-hydroxylation sites is 1. The standard InChI is InChI=1S/C22H17ClN4O4/c1-30-22(29)16-5-2-3-6-17(16)24-19(28)13-27-12-4-7-18(27)21-25-20(26-31-21)14-8-10-15(23)11-9-14/h2-12H,13H2,1H3,(H,24,28). The van der Waals surface area contributed by atoms with Crippen molar-refractivity contribution < 1.29 is 18.8 Å². The number of amides is 1. The van der Waals surface area contributed by atoms with Crippen LogP contribution in [0.3, 0.4) is 0 Å². The number of hydrogen-bond donors (Lipinski definition) is 1. The first-order valence-corrected chi connectivity index (χ1v) is 9.65. The maximum absolute atomic E-state index is 12.6. The van der Waals surface area contributed by atoms with Crippen LogP contribution in [0.15, 0.2) is 71.4 Å². The Morgan fingerprint density at radius 1 is 1.10 bits per heavy atom. The monoisotopic (exact) mass is 436 g/mol. The van der Waals surface area contributed by atoms with Crippen molar-refractivity contribution in [3.8, 4) is 23.0 Å². The van der Waals surface area contributed by atoms with Crippen LogP contribution in [0.25, 0.3) is 23.0 Å². The normalized spacial score (nSPS) is 10.6. The van der Waals surface area contributed by atoms with Crippen LogP contribution < -0.4 is 5.32 Å². The molecular weight excluding hydrogens is 420 g/mol. The maximum atomic E-state index is 12.6. The molecule has 9 heteroatoms. The lowest BCUT2D eigenvalue weighted by Crippen LogP contribution is -2.20. The second-order valence-electron chi connectivity index (χ2n) is 6.54. The largest absolute Gasteiger partial charge is 0.465 e. The lowest BCUT2D eigenvalue weighted by molar-refractivity contribution is -0.116. The van der Waals surface area contributed by atoms with Gasteiger partial charge in [-0.2, -0.15) is 4.98 Å². The molecule has 0 saturated heterocycles. The van der Waals surface area contributed by atoms with Gasteiger partial charge in [0, 0.05) is 16.8 Å². The van der Waals surface area contributed by atoms with E-state index in [-0.39, 0.29) is 23.9 Å². The number of anilines is 1. The maximum Gasteiger partial charge on any atom is 0.339 e. The fraction of sp³-hybridized carbons (Fsp3) is 0.0909. The van der Waals surface area contributed by atoms with Crippen LogP contribution in [0.1, 0.15) is 10.4 Å². The molecule has 4 aromatic rings. The van der Waals surface area contributed by atoms with Gasteiger partial charge in [-0.25, -0.2) is 4.79 Å². The number of halogens is 1. The van der Waals surface area contributed by atoms with Crippen LogP contribution in [-0.4, -0.2) is 33.7 Å². The first-order valence-electron chi connectivity index (χ1n) is 9.27. The van der Waals surface area contributed by atoms with Crippen LogP contribution in [0.2, 0.25) is 5.02 Å². The Morgan fingerprint density at radius 3 is 2.65 bits per heavy atom. The Bertz CT molecular complexity index is 1230. The Kier molecular flexibility index (Phi) is 5.81. The molecule has 2 aromatic heterocycles. The third-order valence-electron chi connectivity index (χ3n) is 4.50. The molecule has 0 unspecified atom stereocenters. The quantitative estimate of drug-likeness (QED) is 0.453. The highest BCUT2D eigenvalue weighted by atomic mass is 35.5. The third kappa shape index (κ3) is 4.49. The summed E-state index contributed by atoms with van der Waals surface area (Å²) in [6.45, 7) is -0.0174. The van der Waals surface area contributed by atoms with Gasteiger partial charge < -0.3 is 19.1 Å². The lowest BCUT2D eigenvalue weighted by atomic mass is 10.2.